The van der Waals surface area contributed by atoms with Gasteiger partial charge in [0.25, 0.3) is 0 Å². The lowest BCUT2D eigenvalue weighted by molar-refractivity contribution is -0.192. The fourth-order valence-corrected chi connectivity index (χ4v) is 12.2. The second-order valence-corrected chi connectivity index (χ2v) is 21.6. The topological polar surface area (TPSA) is 199 Å². The first-order valence-corrected chi connectivity index (χ1v) is 27.0. The number of anilines is 2. The highest BCUT2D eigenvalue weighted by Crippen LogP contribution is 2.48. The van der Waals surface area contributed by atoms with E-state index in [0.717, 1.165) is 136 Å². The van der Waals surface area contributed by atoms with Crippen LogP contribution in [0.1, 0.15) is 74.6 Å². The Morgan fingerprint density at radius 3 is 1.55 bits per heavy atom. The van der Waals surface area contributed by atoms with Crippen LogP contribution in [0.2, 0.25) is 0 Å². The van der Waals surface area contributed by atoms with Gasteiger partial charge in [0, 0.05) is 61.5 Å². The van der Waals surface area contributed by atoms with E-state index in [2.05, 4.69) is 54.2 Å². The molecule has 24 heteroatoms. The fourth-order valence-electron chi connectivity index (χ4n) is 11.3. The Morgan fingerprint density at radius 1 is 0.667 bits per heavy atom. The minimum Gasteiger partial charge on any atom is -0.486 e. The third kappa shape index (κ3) is 11.3. The number of halogens is 5. The highest BCUT2D eigenvalue weighted by Gasteiger charge is 2.41. The van der Waals surface area contributed by atoms with Crippen LogP contribution in [0.15, 0.2) is 86.2 Å². The number of piperidine rings is 4. The lowest BCUT2D eigenvalue weighted by Crippen LogP contribution is -2.43. The Bertz CT molecular complexity index is 3050. The van der Waals surface area contributed by atoms with Crippen molar-refractivity contribution in [2.24, 2.45) is 11.8 Å². The summed E-state index contributed by atoms with van der Waals surface area (Å²) in [5.41, 5.74) is 5.51. The maximum absolute atomic E-state index is 14.9. The van der Waals surface area contributed by atoms with Crippen molar-refractivity contribution in [3.63, 3.8) is 0 Å². The number of nitrogens with one attached hydrogen (secondary N) is 1. The molecule has 398 valence electrons. The molecule has 4 saturated heterocycles. The number of nitrogens with zero attached hydrogens (tertiary/aromatic N) is 11. The number of aliphatic carboxylic acids is 1. The summed E-state index contributed by atoms with van der Waals surface area (Å²) in [7, 11) is -3.23. The van der Waals surface area contributed by atoms with Gasteiger partial charge in [0.15, 0.2) is 11.5 Å². The highest BCUT2D eigenvalue weighted by molar-refractivity contribution is 7.88. The lowest BCUT2D eigenvalue weighted by atomic mass is 9.85. The zero-order valence-electron chi connectivity index (χ0n) is 41.1. The molecule has 6 aliphatic heterocycles. The first kappa shape index (κ1) is 51.7. The minimum atomic E-state index is -5.08. The van der Waals surface area contributed by atoms with Crippen LogP contribution in [0.3, 0.4) is 0 Å². The molecule has 0 saturated carbocycles. The van der Waals surface area contributed by atoms with Gasteiger partial charge in [0.2, 0.25) is 21.9 Å². The number of carboxylic acids is 1. The van der Waals surface area contributed by atoms with Crippen molar-refractivity contribution in [1.82, 2.24) is 48.7 Å². The number of aromatic nitrogens is 8. The third-order valence-electron chi connectivity index (χ3n) is 14.9. The molecule has 10 heterocycles. The number of hydrogen-bond acceptors (Lipinski definition) is 14. The number of alkyl halides is 3. The molecule has 4 fully saturated rings. The number of carboxylic acid groups (broad SMARTS) is 1. The normalized spacial score (nSPS) is 21.9. The molecular formula is C51H57F5N12O6S. The molecule has 6 aromatic rings. The van der Waals surface area contributed by atoms with Gasteiger partial charge in [0.05, 0.1) is 86.1 Å². The molecule has 6 aliphatic rings. The monoisotopic (exact) mass is 1060 g/mol. The Balaban J connectivity index is 0.000000153. The smallest absolute Gasteiger partial charge is 0.486 e. The van der Waals surface area contributed by atoms with Crippen LogP contribution >= 0.6 is 0 Å². The average molecular weight is 1060 g/mol. The summed E-state index contributed by atoms with van der Waals surface area (Å²) >= 11 is 0. The Labute approximate surface area is 430 Å². The fraction of sp³-hybridized carbons (Fsp3) is 0.471. The second kappa shape index (κ2) is 21.8. The van der Waals surface area contributed by atoms with Gasteiger partial charge in [0.1, 0.15) is 23.8 Å². The number of fused-ring (bicyclic) bond motifs is 6. The van der Waals surface area contributed by atoms with Gasteiger partial charge in [-0.2, -0.15) is 17.5 Å². The minimum absolute atomic E-state index is 0.00615. The van der Waals surface area contributed by atoms with E-state index in [1.807, 2.05) is 37.2 Å². The molecule has 4 unspecified atom stereocenters. The molecule has 0 amide bonds. The molecule has 0 bridgehead atoms. The summed E-state index contributed by atoms with van der Waals surface area (Å²) in [6, 6.07) is 10.6. The molecule has 0 spiro atoms. The number of ether oxygens (including phenoxy) is 2. The summed E-state index contributed by atoms with van der Waals surface area (Å²) in [6.07, 6.45) is 17.8. The largest absolute Gasteiger partial charge is 0.490 e. The number of imidazole rings is 2. The molecule has 2 aromatic carbocycles. The number of carbonyl (C=O) groups is 1. The summed E-state index contributed by atoms with van der Waals surface area (Å²) in [6.45, 7) is 6.07. The van der Waals surface area contributed by atoms with Crippen LogP contribution in [0, 0.1) is 23.5 Å². The summed E-state index contributed by atoms with van der Waals surface area (Å²) in [5.74, 6) is 0.251. The average Bonchev–Trinajstić information content (AvgIpc) is 4.23. The number of sulfonamides is 1. The SMILES string of the molecule is CS(=O)(=O)N1CCCC(Oc2cnc(N3CCC(C4c5c(F)cccc5-c5cncn54)CC3)nc2)C1.Fc1cccc2c1C(C1CCN(c3ncc(OC4CCCNC4)cn3)CC1)n1cncc1-2.O=C(O)C(F)(F)F. The van der Waals surface area contributed by atoms with Gasteiger partial charge in [-0.1, -0.05) is 24.3 Å². The van der Waals surface area contributed by atoms with Gasteiger partial charge in [-0.25, -0.2) is 51.9 Å². The van der Waals surface area contributed by atoms with Crippen molar-refractivity contribution in [2.75, 3.05) is 68.4 Å². The van der Waals surface area contributed by atoms with Crippen molar-refractivity contribution >= 4 is 27.9 Å². The molecule has 0 radical (unpaired) electrons. The Kier molecular flexibility index (Phi) is 15.0. The standard InChI is InChI=1S/C25H29FN6O3S.C24H27FN6O.C2HF3O2/c1-36(33,34)31-9-3-4-18(15-31)35-19-12-28-25(29-13-19)30-10-7-17(8-11-30)24-23-20(5-2-6-21(23)26)22-14-27-16-32(22)24;25-20-5-1-4-19-21-14-27-15-31(21)23(22(19)20)16-6-9-30(10-7-16)24-28-12-18(13-29-24)32-17-3-2-8-26-11-17;3-2(4,5)1(6)7/h2,5-6,12-14,16-18,24H,3-4,7-11,15H2,1H3;1,4-5,12-17,23,26H,2-3,6-11H2;(H,6,7). The van der Waals surface area contributed by atoms with E-state index >= 15 is 0 Å². The van der Waals surface area contributed by atoms with Crippen molar-refractivity contribution in [3.8, 4) is 34.0 Å². The molecular weight excluding hydrogens is 1000 g/mol. The van der Waals surface area contributed by atoms with Crippen LogP contribution in [0.5, 0.6) is 11.5 Å². The van der Waals surface area contributed by atoms with E-state index in [-0.39, 0.29) is 35.9 Å². The molecule has 75 heavy (non-hydrogen) atoms. The highest BCUT2D eigenvalue weighted by atomic mass is 32.2. The molecule has 4 atom stereocenters. The van der Waals surface area contributed by atoms with E-state index in [9.17, 15) is 30.4 Å². The predicted molar refractivity (Wildman–Crippen MR) is 266 cm³/mol. The van der Waals surface area contributed by atoms with Gasteiger partial charge < -0.3 is 38.8 Å². The van der Waals surface area contributed by atoms with Crippen LogP contribution in [0.4, 0.5) is 33.8 Å². The van der Waals surface area contributed by atoms with Gasteiger partial charge in [-0.15, -0.1) is 0 Å². The van der Waals surface area contributed by atoms with Crippen molar-refractivity contribution in [2.45, 2.75) is 81.8 Å². The van der Waals surface area contributed by atoms with E-state index in [4.69, 9.17) is 19.4 Å². The summed E-state index contributed by atoms with van der Waals surface area (Å²) in [5, 5.41) is 10.5. The van der Waals surface area contributed by atoms with Crippen LogP contribution in [-0.4, -0.2) is 140 Å². The van der Waals surface area contributed by atoms with Gasteiger partial charge in [-0.05, 0) is 81.9 Å². The zero-order chi connectivity index (χ0) is 52.4. The number of hydrogen-bond donors (Lipinski definition) is 2. The third-order valence-corrected chi connectivity index (χ3v) is 16.1. The number of benzene rings is 2. The molecule has 2 N–H and O–H groups in total. The number of rotatable bonds is 9. The molecule has 12 rings (SSSR count). The van der Waals surface area contributed by atoms with Gasteiger partial charge >= 0.3 is 12.1 Å². The zero-order valence-corrected chi connectivity index (χ0v) is 41.9. The molecule has 18 nitrogen and oxygen atoms in total. The first-order chi connectivity index (χ1) is 36.1. The van der Waals surface area contributed by atoms with Gasteiger partial charge in [-0.3, -0.25) is 0 Å². The first-order valence-electron chi connectivity index (χ1n) is 25.1. The Morgan fingerprint density at radius 2 is 1.12 bits per heavy atom. The molecule has 0 aliphatic carbocycles. The maximum Gasteiger partial charge on any atom is 0.490 e. The van der Waals surface area contributed by atoms with Crippen LogP contribution < -0.4 is 24.6 Å². The van der Waals surface area contributed by atoms with Crippen molar-refractivity contribution < 1.29 is 49.7 Å². The summed E-state index contributed by atoms with van der Waals surface area (Å²) in [4.78, 5) is 40.1. The summed E-state index contributed by atoms with van der Waals surface area (Å²) < 4.78 is 103. The quantitative estimate of drug-likeness (QED) is 0.138. The predicted octanol–water partition coefficient (Wildman–Crippen LogP) is 7.16. The van der Waals surface area contributed by atoms with E-state index in [0.29, 0.717) is 36.6 Å². The molecule has 4 aromatic heterocycles. The van der Waals surface area contributed by atoms with Crippen LogP contribution in [0.25, 0.3) is 22.5 Å². The Hall–Kier alpha value is -6.79. The van der Waals surface area contributed by atoms with E-state index in [1.54, 1.807) is 49.1 Å². The van der Waals surface area contributed by atoms with E-state index < -0.39 is 22.2 Å². The maximum atomic E-state index is 14.9. The van der Waals surface area contributed by atoms with E-state index in [1.165, 1.54) is 10.6 Å². The lowest BCUT2D eigenvalue weighted by Gasteiger charge is -2.35. The van der Waals surface area contributed by atoms with Crippen molar-refractivity contribution in [3.05, 3.63) is 109 Å². The van der Waals surface area contributed by atoms with Crippen molar-refractivity contribution in [1.29, 1.82) is 0 Å². The van der Waals surface area contributed by atoms with Crippen LogP contribution in [-0.2, 0) is 14.8 Å². The second-order valence-electron chi connectivity index (χ2n) is 19.6.